The predicted molar refractivity (Wildman–Crippen MR) is 70.4 cm³/mol. The Kier molecular flexibility index (Phi) is 4.96. The van der Waals surface area contributed by atoms with Gasteiger partial charge >= 0.3 is 0 Å². The van der Waals surface area contributed by atoms with Crippen LogP contribution in [0.2, 0.25) is 0 Å². The minimum absolute atomic E-state index is 0.133. The number of carbonyl (C=O) groups excluding carboxylic acids is 1. The van der Waals surface area contributed by atoms with Gasteiger partial charge in [-0.05, 0) is 47.0 Å². The lowest BCUT2D eigenvalue weighted by atomic mass is 10.1. The fourth-order valence-electron chi connectivity index (χ4n) is 1.39. The van der Waals surface area contributed by atoms with E-state index in [1.165, 1.54) is 0 Å². The van der Waals surface area contributed by atoms with E-state index in [4.69, 9.17) is 5.73 Å². The standard InChI is InChI=1S/C12H17BrN2O/c1-3-4-10(14)12(16)15-11-6-5-8(2)7-9(11)13/h5-7,10H,3-4,14H2,1-2H3,(H,15,16)/t10-/m1/s1. The van der Waals surface area contributed by atoms with Crippen molar-refractivity contribution >= 4 is 27.5 Å². The van der Waals surface area contributed by atoms with Gasteiger partial charge in [0, 0.05) is 4.47 Å². The van der Waals surface area contributed by atoms with Crippen LogP contribution in [0.15, 0.2) is 22.7 Å². The minimum Gasteiger partial charge on any atom is -0.324 e. The molecule has 0 aliphatic rings. The molecule has 16 heavy (non-hydrogen) atoms. The molecule has 1 aromatic carbocycles. The third kappa shape index (κ3) is 3.61. The number of anilines is 1. The Balaban J connectivity index is 2.69. The van der Waals surface area contributed by atoms with Gasteiger partial charge in [0.15, 0.2) is 0 Å². The number of nitrogens with one attached hydrogen (secondary N) is 1. The van der Waals surface area contributed by atoms with E-state index in [0.29, 0.717) is 6.42 Å². The summed E-state index contributed by atoms with van der Waals surface area (Å²) in [6.45, 7) is 4.01. The molecule has 0 aliphatic heterocycles. The van der Waals surface area contributed by atoms with Crippen LogP contribution in [0.5, 0.6) is 0 Å². The topological polar surface area (TPSA) is 55.1 Å². The highest BCUT2D eigenvalue weighted by Crippen LogP contribution is 2.23. The quantitative estimate of drug-likeness (QED) is 0.893. The first-order chi connectivity index (χ1) is 7.54. The van der Waals surface area contributed by atoms with Gasteiger partial charge in [0.05, 0.1) is 11.7 Å². The van der Waals surface area contributed by atoms with Crippen molar-refractivity contribution in [1.82, 2.24) is 0 Å². The summed E-state index contributed by atoms with van der Waals surface area (Å²) in [7, 11) is 0. The van der Waals surface area contributed by atoms with Crippen LogP contribution in [0.25, 0.3) is 0 Å². The molecule has 3 N–H and O–H groups in total. The number of carbonyl (C=O) groups is 1. The first-order valence-electron chi connectivity index (χ1n) is 5.37. The summed E-state index contributed by atoms with van der Waals surface area (Å²) in [4.78, 5) is 11.7. The minimum atomic E-state index is -0.432. The maximum absolute atomic E-state index is 11.7. The van der Waals surface area contributed by atoms with E-state index in [1.807, 2.05) is 32.0 Å². The highest BCUT2D eigenvalue weighted by Gasteiger charge is 2.13. The number of rotatable bonds is 4. The molecule has 1 amide bonds. The van der Waals surface area contributed by atoms with E-state index in [1.54, 1.807) is 0 Å². The molecule has 3 nitrogen and oxygen atoms in total. The average Bonchev–Trinajstić information content (AvgIpc) is 2.22. The summed E-state index contributed by atoms with van der Waals surface area (Å²) in [5.41, 5.74) is 7.64. The van der Waals surface area contributed by atoms with Gasteiger partial charge in [0.25, 0.3) is 0 Å². The fourth-order valence-corrected chi connectivity index (χ4v) is 1.98. The molecule has 0 aromatic heterocycles. The molecule has 0 saturated heterocycles. The van der Waals surface area contributed by atoms with Gasteiger partial charge in [-0.25, -0.2) is 0 Å². The van der Waals surface area contributed by atoms with E-state index in [9.17, 15) is 4.79 Å². The van der Waals surface area contributed by atoms with Crippen molar-refractivity contribution in [3.05, 3.63) is 28.2 Å². The molecule has 1 aromatic rings. The van der Waals surface area contributed by atoms with Crippen LogP contribution >= 0.6 is 15.9 Å². The van der Waals surface area contributed by atoms with Gasteiger partial charge in [-0.15, -0.1) is 0 Å². The lowest BCUT2D eigenvalue weighted by Crippen LogP contribution is -2.35. The van der Waals surface area contributed by atoms with Crippen LogP contribution in [0.3, 0.4) is 0 Å². The third-order valence-corrected chi connectivity index (χ3v) is 2.97. The van der Waals surface area contributed by atoms with Gasteiger partial charge in [-0.2, -0.15) is 0 Å². The van der Waals surface area contributed by atoms with Crippen molar-refractivity contribution in [2.45, 2.75) is 32.7 Å². The van der Waals surface area contributed by atoms with Gasteiger partial charge in [0.2, 0.25) is 5.91 Å². The van der Waals surface area contributed by atoms with Gasteiger partial charge < -0.3 is 11.1 Å². The summed E-state index contributed by atoms with van der Waals surface area (Å²) >= 11 is 3.41. The summed E-state index contributed by atoms with van der Waals surface area (Å²) in [6.07, 6.45) is 1.61. The first-order valence-corrected chi connectivity index (χ1v) is 6.16. The lowest BCUT2D eigenvalue weighted by molar-refractivity contribution is -0.117. The second-order valence-corrected chi connectivity index (χ2v) is 4.72. The van der Waals surface area contributed by atoms with Crippen molar-refractivity contribution in [2.24, 2.45) is 5.73 Å². The van der Waals surface area contributed by atoms with Crippen LogP contribution in [0.1, 0.15) is 25.3 Å². The number of aryl methyl sites for hydroxylation is 1. The van der Waals surface area contributed by atoms with Crippen LogP contribution in [-0.4, -0.2) is 11.9 Å². The molecule has 0 aliphatic carbocycles. The van der Waals surface area contributed by atoms with Crippen LogP contribution in [-0.2, 0) is 4.79 Å². The Morgan fingerprint density at radius 1 is 1.56 bits per heavy atom. The van der Waals surface area contributed by atoms with Crippen LogP contribution < -0.4 is 11.1 Å². The maximum atomic E-state index is 11.7. The van der Waals surface area contributed by atoms with E-state index >= 15 is 0 Å². The molecule has 1 atom stereocenters. The Hall–Kier alpha value is -0.870. The Morgan fingerprint density at radius 2 is 2.25 bits per heavy atom. The lowest BCUT2D eigenvalue weighted by Gasteiger charge is -2.12. The largest absolute Gasteiger partial charge is 0.324 e. The zero-order valence-electron chi connectivity index (χ0n) is 9.59. The number of nitrogens with two attached hydrogens (primary N) is 1. The molecular weight excluding hydrogens is 268 g/mol. The van der Waals surface area contributed by atoms with Crippen molar-refractivity contribution in [3.8, 4) is 0 Å². The average molecular weight is 285 g/mol. The molecule has 0 radical (unpaired) electrons. The number of halogens is 1. The first kappa shape index (κ1) is 13.2. The molecule has 0 unspecified atom stereocenters. The number of amides is 1. The van der Waals surface area contributed by atoms with Crippen molar-refractivity contribution in [3.63, 3.8) is 0 Å². The molecule has 4 heteroatoms. The Bertz CT molecular complexity index is 379. The van der Waals surface area contributed by atoms with Gasteiger partial charge in [-0.3, -0.25) is 4.79 Å². The number of benzene rings is 1. The highest BCUT2D eigenvalue weighted by molar-refractivity contribution is 9.10. The molecule has 0 saturated carbocycles. The smallest absolute Gasteiger partial charge is 0.241 e. The van der Waals surface area contributed by atoms with Crippen LogP contribution in [0, 0.1) is 6.92 Å². The monoisotopic (exact) mass is 284 g/mol. The summed E-state index contributed by atoms with van der Waals surface area (Å²) in [5.74, 6) is -0.133. The Morgan fingerprint density at radius 3 is 2.81 bits per heavy atom. The van der Waals surface area contributed by atoms with E-state index in [-0.39, 0.29) is 5.91 Å². The SMILES string of the molecule is CCC[C@@H](N)C(=O)Nc1ccc(C)cc1Br. The van der Waals surface area contributed by atoms with Crippen molar-refractivity contribution < 1.29 is 4.79 Å². The zero-order valence-corrected chi connectivity index (χ0v) is 11.2. The summed E-state index contributed by atoms with van der Waals surface area (Å²) in [5, 5.41) is 2.81. The summed E-state index contributed by atoms with van der Waals surface area (Å²) < 4.78 is 0.879. The van der Waals surface area contributed by atoms with E-state index in [0.717, 1.165) is 22.1 Å². The molecule has 0 bridgehead atoms. The second kappa shape index (κ2) is 6.01. The third-order valence-electron chi connectivity index (χ3n) is 2.32. The molecule has 88 valence electrons. The van der Waals surface area contributed by atoms with Crippen LogP contribution in [0.4, 0.5) is 5.69 Å². The van der Waals surface area contributed by atoms with Gasteiger partial charge in [-0.1, -0.05) is 19.4 Å². The zero-order chi connectivity index (χ0) is 12.1. The maximum Gasteiger partial charge on any atom is 0.241 e. The second-order valence-electron chi connectivity index (χ2n) is 3.87. The van der Waals surface area contributed by atoms with Gasteiger partial charge in [0.1, 0.15) is 0 Å². The molecular formula is C12H17BrN2O. The number of hydrogen-bond acceptors (Lipinski definition) is 2. The predicted octanol–water partition coefficient (Wildman–Crippen LogP) is 2.82. The Labute approximate surface area is 105 Å². The molecule has 0 heterocycles. The van der Waals surface area contributed by atoms with E-state index in [2.05, 4.69) is 21.2 Å². The summed E-state index contributed by atoms with van der Waals surface area (Å²) in [6, 6.07) is 5.35. The number of hydrogen-bond donors (Lipinski definition) is 2. The molecule has 1 rings (SSSR count). The molecule has 0 fully saturated rings. The highest BCUT2D eigenvalue weighted by atomic mass is 79.9. The normalized spacial score (nSPS) is 12.2. The van der Waals surface area contributed by atoms with E-state index < -0.39 is 6.04 Å². The van der Waals surface area contributed by atoms with Crippen molar-refractivity contribution in [1.29, 1.82) is 0 Å². The van der Waals surface area contributed by atoms with Crippen molar-refractivity contribution in [2.75, 3.05) is 5.32 Å². The fraction of sp³-hybridized carbons (Fsp3) is 0.417. The molecule has 0 spiro atoms.